The molecule has 0 bridgehead atoms. The Balaban J connectivity index is 0.919. The number of fused-ring (bicyclic) bond motifs is 7. The molecular weight excluding hydrogens is 941 g/mol. The largest absolute Gasteiger partial charge is 0.455 e. The number of furan rings is 1. The van der Waals surface area contributed by atoms with Crippen molar-refractivity contribution >= 4 is 70.6 Å². The summed E-state index contributed by atoms with van der Waals surface area (Å²) in [5.74, 6) is 3.88. The molecule has 14 aromatic rings. The lowest BCUT2D eigenvalue weighted by atomic mass is 9.87. The predicted molar refractivity (Wildman–Crippen MR) is 315 cm³/mol. The summed E-state index contributed by atoms with van der Waals surface area (Å²) in [4.78, 5) is 31.2. The number of nitrogens with zero attached hydrogens (tertiary/aromatic N) is 6. The average molecular weight is 985 g/mol. The Kier molecular flexibility index (Phi) is 10.5. The smallest absolute Gasteiger partial charge is 0.165 e. The maximum Gasteiger partial charge on any atom is 0.165 e. The molecule has 0 amide bonds. The summed E-state index contributed by atoms with van der Waals surface area (Å²) in [5.41, 5.74) is 11.8. The quantitative estimate of drug-likeness (QED) is 0.140. The summed E-state index contributed by atoms with van der Waals surface area (Å²) in [6.07, 6.45) is 8.25. The molecule has 7 heteroatoms. The first kappa shape index (κ1) is 44.3. The summed E-state index contributed by atoms with van der Waals surface area (Å²) in [6, 6.07) is 78.3. The van der Waals surface area contributed by atoms with Crippen molar-refractivity contribution in [3.63, 3.8) is 0 Å². The maximum atomic E-state index is 7.07. The van der Waals surface area contributed by atoms with E-state index in [0.717, 1.165) is 134 Å². The van der Waals surface area contributed by atoms with Crippen LogP contribution in [-0.4, -0.2) is 29.9 Å². The Morgan fingerprint density at radius 1 is 0.299 bits per heavy atom. The van der Waals surface area contributed by atoms with E-state index < -0.39 is 0 Å². The third-order valence-electron chi connectivity index (χ3n) is 15.0. The number of hydrogen-bond acceptors (Lipinski definition) is 7. The van der Waals surface area contributed by atoms with Gasteiger partial charge in [0.15, 0.2) is 34.9 Å². The molecule has 0 saturated heterocycles. The van der Waals surface area contributed by atoms with Crippen molar-refractivity contribution in [1.82, 2.24) is 29.9 Å². The van der Waals surface area contributed by atoms with E-state index >= 15 is 0 Å². The van der Waals surface area contributed by atoms with Crippen LogP contribution in [0.5, 0.6) is 0 Å². The molecule has 15 rings (SSSR count). The molecule has 0 unspecified atom stereocenters. The number of aromatic nitrogens is 6. The van der Waals surface area contributed by atoms with Gasteiger partial charge >= 0.3 is 0 Å². The van der Waals surface area contributed by atoms with Gasteiger partial charge in [-0.05, 0) is 84.8 Å². The van der Waals surface area contributed by atoms with E-state index in [2.05, 4.69) is 164 Å². The van der Waals surface area contributed by atoms with Crippen LogP contribution in [0.1, 0.15) is 18.7 Å². The molecule has 0 fully saturated rings. The van der Waals surface area contributed by atoms with Gasteiger partial charge in [0.1, 0.15) is 11.2 Å². The second kappa shape index (κ2) is 18.3. The van der Waals surface area contributed by atoms with E-state index in [1.807, 2.05) is 78.9 Å². The van der Waals surface area contributed by atoms with Gasteiger partial charge in [0.2, 0.25) is 0 Å². The topological polar surface area (TPSA) is 90.5 Å². The SMILES string of the molecule is C1=CCCC(c2nc(-c3ccccc3)nc(-c3c4ccccc4c(-c4ccc5oc6c(-c7c8ccccc8c(-c8nc(-c9ccccc9)nc(-c9ccccc9)n8)c8ccccc78)cccc6c5c4)c4ccccc34)n2)=C1. The predicted octanol–water partition coefficient (Wildman–Crippen LogP) is 18.0. The number of benzene rings is 11. The van der Waals surface area contributed by atoms with Gasteiger partial charge in [-0.1, -0.05) is 231 Å². The summed E-state index contributed by atoms with van der Waals surface area (Å²) in [5, 5.41) is 10.7. The van der Waals surface area contributed by atoms with E-state index in [-0.39, 0.29) is 0 Å². The normalized spacial score (nSPS) is 12.6. The van der Waals surface area contributed by atoms with E-state index in [1.165, 1.54) is 0 Å². The van der Waals surface area contributed by atoms with Gasteiger partial charge in [0, 0.05) is 49.7 Å². The van der Waals surface area contributed by atoms with Crippen molar-refractivity contribution in [3.8, 4) is 79.2 Å². The number of rotatable bonds is 8. The zero-order chi connectivity index (χ0) is 50.8. The first-order valence-electron chi connectivity index (χ1n) is 26.1. The molecule has 0 N–H and O–H groups in total. The first-order valence-corrected chi connectivity index (χ1v) is 26.1. The molecule has 3 heterocycles. The second-order valence-corrected chi connectivity index (χ2v) is 19.5. The van der Waals surface area contributed by atoms with Crippen LogP contribution in [0.4, 0.5) is 0 Å². The maximum absolute atomic E-state index is 7.07. The summed E-state index contributed by atoms with van der Waals surface area (Å²) < 4.78 is 7.07. The van der Waals surface area contributed by atoms with Gasteiger partial charge < -0.3 is 4.42 Å². The highest BCUT2D eigenvalue weighted by molar-refractivity contribution is 6.25. The fourth-order valence-corrected chi connectivity index (χ4v) is 11.5. The highest BCUT2D eigenvalue weighted by Gasteiger charge is 2.25. The van der Waals surface area contributed by atoms with Gasteiger partial charge in [0.25, 0.3) is 0 Å². The molecule has 0 saturated carbocycles. The minimum Gasteiger partial charge on any atom is -0.455 e. The molecule has 3 aromatic heterocycles. The van der Waals surface area contributed by atoms with E-state index in [1.54, 1.807) is 0 Å². The molecule has 7 nitrogen and oxygen atoms in total. The molecular formula is C70H44N6O. The van der Waals surface area contributed by atoms with Crippen LogP contribution in [0, 0.1) is 0 Å². The van der Waals surface area contributed by atoms with Gasteiger partial charge in [-0.2, -0.15) is 0 Å². The standard InChI is InChI=1S/C70H44N6O/c1-5-22-43(23-6-1)65-71-66(44-24-7-2-8-25-44)74-69(73-65)62-52-34-17-13-30-48(52)60(49-31-14-18-35-53(49)62)47-40-41-59-58(42-47)56-38-21-39-57(64(56)77-59)61-50-32-15-19-36-54(50)63(55-37-20-16-33-51(55)61)70-75-67(45-26-9-3-10-27-45)72-68(76-70)46-28-11-4-12-29-46/h1-7,9-24,26-42H,8,25H2. The molecule has 360 valence electrons. The molecule has 1 aliphatic rings. The summed E-state index contributed by atoms with van der Waals surface area (Å²) in [6.45, 7) is 0. The molecule has 11 aromatic carbocycles. The van der Waals surface area contributed by atoms with Gasteiger partial charge in [-0.25, -0.2) is 29.9 Å². The van der Waals surface area contributed by atoms with Crippen molar-refractivity contribution in [1.29, 1.82) is 0 Å². The molecule has 1 aliphatic carbocycles. The van der Waals surface area contributed by atoms with Crippen molar-refractivity contribution in [2.24, 2.45) is 0 Å². The van der Waals surface area contributed by atoms with Crippen molar-refractivity contribution < 1.29 is 4.42 Å². The molecule has 77 heavy (non-hydrogen) atoms. The average Bonchev–Trinajstić information content (AvgIpc) is 4.02. The van der Waals surface area contributed by atoms with Crippen LogP contribution in [0.3, 0.4) is 0 Å². The monoisotopic (exact) mass is 984 g/mol. The Labute approximate surface area is 443 Å². The molecule has 0 radical (unpaired) electrons. The lowest BCUT2D eigenvalue weighted by molar-refractivity contribution is 0.670. The molecule has 0 atom stereocenters. The van der Waals surface area contributed by atoms with Crippen molar-refractivity contribution in [2.45, 2.75) is 12.8 Å². The van der Waals surface area contributed by atoms with E-state index in [9.17, 15) is 0 Å². The van der Waals surface area contributed by atoms with Crippen LogP contribution < -0.4 is 0 Å². The summed E-state index contributed by atoms with van der Waals surface area (Å²) >= 11 is 0. The van der Waals surface area contributed by atoms with Crippen LogP contribution >= 0.6 is 0 Å². The fraction of sp³-hybridized carbons (Fsp3) is 0.0286. The van der Waals surface area contributed by atoms with E-state index in [4.69, 9.17) is 34.3 Å². The lowest BCUT2D eigenvalue weighted by Gasteiger charge is -2.18. The number of allylic oxidation sites excluding steroid dienone is 4. The Morgan fingerprint density at radius 2 is 0.701 bits per heavy atom. The number of hydrogen-bond donors (Lipinski definition) is 0. The zero-order valence-corrected chi connectivity index (χ0v) is 41.6. The molecule has 0 aliphatic heterocycles. The van der Waals surface area contributed by atoms with Crippen molar-refractivity contribution in [3.05, 3.63) is 249 Å². The van der Waals surface area contributed by atoms with Gasteiger partial charge in [-0.3, -0.25) is 0 Å². The first-order chi connectivity index (χ1) is 38.2. The Morgan fingerprint density at radius 3 is 1.17 bits per heavy atom. The van der Waals surface area contributed by atoms with Crippen molar-refractivity contribution in [2.75, 3.05) is 0 Å². The third-order valence-corrected chi connectivity index (χ3v) is 15.0. The van der Waals surface area contributed by atoms with Gasteiger partial charge in [0.05, 0.1) is 0 Å². The van der Waals surface area contributed by atoms with Gasteiger partial charge in [-0.15, -0.1) is 0 Å². The van der Waals surface area contributed by atoms with Crippen LogP contribution in [0.15, 0.2) is 247 Å². The van der Waals surface area contributed by atoms with E-state index in [0.29, 0.717) is 34.9 Å². The lowest BCUT2D eigenvalue weighted by Crippen LogP contribution is -2.04. The fourth-order valence-electron chi connectivity index (χ4n) is 11.5. The zero-order valence-electron chi connectivity index (χ0n) is 41.6. The Bertz CT molecular complexity index is 4570. The van der Waals surface area contributed by atoms with Crippen LogP contribution in [0.25, 0.3) is 150 Å². The highest BCUT2D eigenvalue weighted by atomic mass is 16.3. The summed E-state index contributed by atoms with van der Waals surface area (Å²) in [7, 11) is 0. The third kappa shape index (κ3) is 7.50. The minimum absolute atomic E-state index is 0.615. The van der Waals surface area contributed by atoms with Crippen LogP contribution in [-0.2, 0) is 0 Å². The number of para-hydroxylation sites is 1. The van der Waals surface area contributed by atoms with Crippen LogP contribution in [0.2, 0.25) is 0 Å². The molecule has 0 spiro atoms. The minimum atomic E-state index is 0.615. The Hall–Kier alpha value is -10.2. The second-order valence-electron chi connectivity index (χ2n) is 19.5. The highest BCUT2D eigenvalue weighted by Crippen LogP contribution is 2.48.